The fourth-order valence-corrected chi connectivity index (χ4v) is 3.42. The number of nitrogens with one attached hydrogen (secondary N) is 1. The summed E-state index contributed by atoms with van der Waals surface area (Å²) in [5, 5.41) is 21.0. The van der Waals surface area contributed by atoms with Gasteiger partial charge in [-0.1, -0.05) is 6.07 Å². The van der Waals surface area contributed by atoms with E-state index >= 15 is 0 Å². The van der Waals surface area contributed by atoms with Gasteiger partial charge in [0.05, 0.1) is 17.6 Å². The van der Waals surface area contributed by atoms with Crippen LogP contribution in [0.3, 0.4) is 0 Å². The zero-order valence-corrected chi connectivity index (χ0v) is 13.7. The molecule has 2 aromatic carbocycles. The fourth-order valence-electron chi connectivity index (χ4n) is 2.07. The van der Waals surface area contributed by atoms with Gasteiger partial charge in [0.1, 0.15) is 4.90 Å². The van der Waals surface area contributed by atoms with Gasteiger partial charge in [-0.2, -0.15) is 16.8 Å². The summed E-state index contributed by atoms with van der Waals surface area (Å²) in [6.45, 7) is -0.471. The molecular formula is C13H15NO8S2. The average Bonchev–Trinajstić information content (AvgIpc) is 2.49. The molecule has 0 aliphatic carbocycles. The van der Waals surface area contributed by atoms with E-state index in [0.29, 0.717) is 11.8 Å². The maximum Gasteiger partial charge on any atom is 0.295 e. The van der Waals surface area contributed by atoms with Crippen LogP contribution in [0.25, 0.3) is 10.8 Å². The highest BCUT2D eigenvalue weighted by Gasteiger charge is 2.20. The van der Waals surface area contributed by atoms with Crippen LogP contribution < -0.4 is 5.32 Å². The SMILES string of the molecule is O=S(=O)(O)c1cc(S(=O)(=O)O)c2cc(NCC(O)CO)ccc2c1. The predicted octanol–water partition coefficient (Wildman–Crippen LogP) is 0.0983. The Hall–Kier alpha value is -1.76. The number of benzene rings is 2. The number of hydrogen-bond donors (Lipinski definition) is 5. The van der Waals surface area contributed by atoms with E-state index in [0.717, 1.165) is 6.07 Å². The predicted molar refractivity (Wildman–Crippen MR) is 85.2 cm³/mol. The molecule has 5 N–H and O–H groups in total. The monoisotopic (exact) mass is 377 g/mol. The van der Waals surface area contributed by atoms with E-state index in [1.165, 1.54) is 18.2 Å². The van der Waals surface area contributed by atoms with Crippen molar-refractivity contribution in [2.75, 3.05) is 18.5 Å². The molecule has 2 aromatic rings. The molecule has 0 aromatic heterocycles. The van der Waals surface area contributed by atoms with Crippen LogP contribution >= 0.6 is 0 Å². The molecular weight excluding hydrogens is 362 g/mol. The van der Waals surface area contributed by atoms with Crippen LogP contribution in [-0.2, 0) is 20.2 Å². The van der Waals surface area contributed by atoms with E-state index in [-0.39, 0.29) is 17.3 Å². The van der Waals surface area contributed by atoms with Gasteiger partial charge in [0.2, 0.25) is 0 Å². The van der Waals surface area contributed by atoms with Crippen molar-refractivity contribution in [3.8, 4) is 0 Å². The molecule has 0 heterocycles. The van der Waals surface area contributed by atoms with Gasteiger partial charge in [0.15, 0.2) is 0 Å². The fraction of sp³-hybridized carbons (Fsp3) is 0.231. The van der Waals surface area contributed by atoms with Gasteiger partial charge in [0.25, 0.3) is 20.2 Å². The number of aliphatic hydroxyl groups is 2. The Morgan fingerprint density at radius 3 is 2.21 bits per heavy atom. The Morgan fingerprint density at radius 1 is 1.00 bits per heavy atom. The van der Waals surface area contributed by atoms with Crippen LogP contribution in [0.15, 0.2) is 40.1 Å². The minimum absolute atomic E-state index is 0.00762. The normalized spacial score (nSPS) is 13.8. The first kappa shape index (κ1) is 18.6. The van der Waals surface area contributed by atoms with Crippen molar-refractivity contribution in [2.24, 2.45) is 0 Å². The summed E-state index contributed by atoms with van der Waals surface area (Å²) in [5.41, 5.74) is 0.375. The van der Waals surface area contributed by atoms with Crippen LogP contribution in [0, 0.1) is 0 Å². The van der Waals surface area contributed by atoms with Gasteiger partial charge in [-0.3, -0.25) is 9.11 Å². The molecule has 0 spiro atoms. The van der Waals surface area contributed by atoms with Gasteiger partial charge in [0, 0.05) is 17.6 Å². The lowest BCUT2D eigenvalue weighted by Gasteiger charge is -2.12. The molecule has 0 saturated heterocycles. The molecule has 0 fully saturated rings. The summed E-state index contributed by atoms with van der Waals surface area (Å²) >= 11 is 0. The van der Waals surface area contributed by atoms with E-state index in [1.54, 1.807) is 0 Å². The topological polar surface area (TPSA) is 161 Å². The summed E-state index contributed by atoms with van der Waals surface area (Å²) in [6.07, 6.45) is -1.02. The molecule has 0 aliphatic rings. The molecule has 0 aliphatic heterocycles. The van der Waals surface area contributed by atoms with Crippen LogP contribution in [0.4, 0.5) is 5.69 Å². The molecule has 1 unspecified atom stereocenters. The Balaban J connectivity index is 2.63. The van der Waals surface area contributed by atoms with Gasteiger partial charge in [-0.25, -0.2) is 0 Å². The molecule has 0 saturated carbocycles. The van der Waals surface area contributed by atoms with Crippen LogP contribution in [0.5, 0.6) is 0 Å². The molecule has 0 bridgehead atoms. The lowest BCUT2D eigenvalue weighted by atomic mass is 10.1. The molecule has 11 heteroatoms. The molecule has 0 radical (unpaired) electrons. The first-order valence-corrected chi connectivity index (χ1v) is 9.46. The van der Waals surface area contributed by atoms with Gasteiger partial charge in [-0.05, 0) is 29.7 Å². The smallest absolute Gasteiger partial charge is 0.295 e. The quantitative estimate of drug-likeness (QED) is 0.439. The highest BCUT2D eigenvalue weighted by molar-refractivity contribution is 7.86. The third-order valence-electron chi connectivity index (χ3n) is 3.22. The molecule has 2 rings (SSSR count). The Bertz CT molecular complexity index is 969. The molecule has 24 heavy (non-hydrogen) atoms. The van der Waals surface area contributed by atoms with Crippen LogP contribution in [0.2, 0.25) is 0 Å². The Labute approximate surface area is 138 Å². The van der Waals surface area contributed by atoms with E-state index in [4.69, 9.17) is 9.66 Å². The largest absolute Gasteiger partial charge is 0.394 e. The number of rotatable bonds is 6. The zero-order valence-electron chi connectivity index (χ0n) is 12.1. The lowest BCUT2D eigenvalue weighted by molar-refractivity contribution is 0.105. The number of anilines is 1. The summed E-state index contributed by atoms with van der Waals surface area (Å²) in [5.74, 6) is 0. The van der Waals surface area contributed by atoms with Crippen molar-refractivity contribution in [3.63, 3.8) is 0 Å². The van der Waals surface area contributed by atoms with Crippen molar-refractivity contribution in [3.05, 3.63) is 30.3 Å². The van der Waals surface area contributed by atoms with Crippen molar-refractivity contribution < 1.29 is 36.2 Å². The van der Waals surface area contributed by atoms with Crippen molar-refractivity contribution in [1.29, 1.82) is 0 Å². The highest BCUT2D eigenvalue weighted by Crippen LogP contribution is 2.29. The molecule has 9 nitrogen and oxygen atoms in total. The van der Waals surface area contributed by atoms with E-state index in [2.05, 4.69) is 5.32 Å². The van der Waals surface area contributed by atoms with Gasteiger partial charge in [-0.15, -0.1) is 0 Å². The maximum atomic E-state index is 11.5. The third-order valence-corrected chi connectivity index (χ3v) is 4.94. The lowest BCUT2D eigenvalue weighted by Crippen LogP contribution is -2.22. The third kappa shape index (κ3) is 4.20. The van der Waals surface area contributed by atoms with Crippen LogP contribution in [-0.4, -0.2) is 55.4 Å². The molecule has 132 valence electrons. The summed E-state index contributed by atoms with van der Waals surface area (Å²) in [7, 11) is -9.42. The first-order valence-electron chi connectivity index (χ1n) is 6.58. The minimum atomic E-state index is -4.76. The van der Waals surface area contributed by atoms with Gasteiger partial charge < -0.3 is 15.5 Å². The standard InChI is InChI=1S/C13H15NO8S2/c15-7-10(16)6-14-9-2-1-8-3-11(23(17,18)19)5-13(12(8)4-9)24(20,21)22/h1-5,10,14-16H,6-7H2,(H,17,18,19)(H,20,21,22). The van der Waals surface area contributed by atoms with Crippen molar-refractivity contribution in [1.82, 2.24) is 0 Å². The molecule has 0 amide bonds. The Kier molecular flexibility index (Phi) is 5.13. The van der Waals surface area contributed by atoms with E-state index in [9.17, 15) is 26.5 Å². The number of fused-ring (bicyclic) bond motifs is 1. The Morgan fingerprint density at radius 2 is 1.67 bits per heavy atom. The zero-order chi connectivity index (χ0) is 18.1. The van der Waals surface area contributed by atoms with Crippen molar-refractivity contribution >= 4 is 36.7 Å². The minimum Gasteiger partial charge on any atom is -0.394 e. The second-order valence-electron chi connectivity index (χ2n) is 5.02. The van der Waals surface area contributed by atoms with Crippen LogP contribution in [0.1, 0.15) is 0 Å². The highest BCUT2D eigenvalue weighted by atomic mass is 32.2. The second-order valence-corrected chi connectivity index (χ2v) is 7.84. The van der Waals surface area contributed by atoms with Crippen molar-refractivity contribution in [2.45, 2.75) is 15.9 Å². The van der Waals surface area contributed by atoms with E-state index in [1.807, 2.05) is 0 Å². The number of hydrogen-bond acceptors (Lipinski definition) is 7. The molecule has 1 atom stereocenters. The average molecular weight is 377 g/mol. The number of aliphatic hydroxyl groups excluding tert-OH is 2. The second kappa shape index (κ2) is 6.63. The maximum absolute atomic E-state index is 11.5. The summed E-state index contributed by atoms with van der Waals surface area (Å²) in [6, 6.07) is 5.90. The summed E-state index contributed by atoms with van der Waals surface area (Å²) < 4.78 is 64.0. The van der Waals surface area contributed by atoms with E-state index < -0.39 is 42.7 Å². The van der Waals surface area contributed by atoms with Gasteiger partial charge >= 0.3 is 0 Å². The summed E-state index contributed by atoms with van der Waals surface area (Å²) in [4.78, 5) is -1.35. The first-order chi connectivity index (χ1) is 11.0.